The highest BCUT2D eigenvalue weighted by Gasteiger charge is 2.37. The summed E-state index contributed by atoms with van der Waals surface area (Å²) in [5, 5.41) is 0. The van der Waals surface area contributed by atoms with E-state index in [1.165, 1.54) is 9.80 Å². The average Bonchev–Trinajstić information content (AvgIpc) is 3.09. The SMILES string of the molecule is CN(C(=O)CN1C(=O)/C(=C/c2ccccc2)SC1=S)C1CCS(=O)(=O)C1. The number of sulfone groups is 1. The van der Waals surface area contributed by atoms with Crippen molar-refractivity contribution in [1.29, 1.82) is 0 Å². The minimum absolute atomic E-state index is 0.0262. The zero-order chi connectivity index (χ0) is 18.9. The van der Waals surface area contributed by atoms with Crippen LogP contribution in [0.1, 0.15) is 12.0 Å². The van der Waals surface area contributed by atoms with Gasteiger partial charge < -0.3 is 4.90 Å². The van der Waals surface area contributed by atoms with Crippen molar-refractivity contribution in [3.63, 3.8) is 0 Å². The Morgan fingerprint density at radius 2 is 2.08 bits per heavy atom. The first-order valence-electron chi connectivity index (χ1n) is 8.03. The number of carbonyl (C=O) groups is 2. The third-order valence-corrected chi connectivity index (χ3v) is 7.54. The molecule has 3 rings (SSSR count). The molecule has 1 aromatic carbocycles. The van der Waals surface area contributed by atoms with Gasteiger partial charge in [0.1, 0.15) is 10.9 Å². The summed E-state index contributed by atoms with van der Waals surface area (Å²) in [6.07, 6.45) is 2.17. The van der Waals surface area contributed by atoms with E-state index in [0.717, 1.165) is 17.3 Å². The Labute approximate surface area is 162 Å². The normalized spacial score (nSPS) is 23.7. The molecule has 6 nitrogen and oxygen atoms in total. The first-order chi connectivity index (χ1) is 12.3. The summed E-state index contributed by atoms with van der Waals surface area (Å²) in [6, 6.07) is 9.06. The van der Waals surface area contributed by atoms with Crippen LogP contribution in [0.4, 0.5) is 0 Å². The number of carbonyl (C=O) groups excluding carboxylic acids is 2. The van der Waals surface area contributed by atoms with Gasteiger partial charge in [0.2, 0.25) is 5.91 Å². The van der Waals surface area contributed by atoms with Crippen molar-refractivity contribution < 1.29 is 18.0 Å². The van der Waals surface area contributed by atoms with Crippen LogP contribution in [0.25, 0.3) is 6.08 Å². The van der Waals surface area contributed by atoms with Gasteiger partial charge >= 0.3 is 0 Å². The van der Waals surface area contributed by atoms with Crippen LogP contribution >= 0.6 is 24.0 Å². The number of rotatable bonds is 4. The molecule has 2 aliphatic rings. The predicted molar refractivity (Wildman–Crippen MR) is 106 cm³/mol. The van der Waals surface area contributed by atoms with E-state index in [-0.39, 0.29) is 35.9 Å². The van der Waals surface area contributed by atoms with Crippen molar-refractivity contribution in [2.45, 2.75) is 12.5 Å². The van der Waals surface area contributed by atoms with Crippen LogP contribution in [-0.4, -0.2) is 65.5 Å². The van der Waals surface area contributed by atoms with E-state index in [1.807, 2.05) is 30.3 Å². The third kappa shape index (κ3) is 4.16. The lowest BCUT2D eigenvalue weighted by Gasteiger charge is -2.25. The van der Waals surface area contributed by atoms with Gasteiger partial charge in [-0.05, 0) is 18.1 Å². The lowest BCUT2D eigenvalue weighted by atomic mass is 10.2. The molecule has 0 saturated carbocycles. The fourth-order valence-electron chi connectivity index (χ4n) is 2.87. The highest BCUT2D eigenvalue weighted by molar-refractivity contribution is 8.26. The van der Waals surface area contributed by atoms with Crippen LogP contribution in [0.3, 0.4) is 0 Å². The summed E-state index contributed by atoms with van der Waals surface area (Å²) < 4.78 is 23.5. The lowest BCUT2D eigenvalue weighted by Crippen LogP contribution is -2.45. The quantitative estimate of drug-likeness (QED) is 0.554. The molecule has 0 radical (unpaired) electrons. The molecule has 26 heavy (non-hydrogen) atoms. The predicted octanol–water partition coefficient (Wildman–Crippen LogP) is 1.53. The summed E-state index contributed by atoms with van der Waals surface area (Å²) in [5.41, 5.74) is 0.882. The Morgan fingerprint density at radius 1 is 1.38 bits per heavy atom. The number of hydrogen-bond donors (Lipinski definition) is 0. The number of hydrogen-bond acceptors (Lipinski definition) is 6. The monoisotopic (exact) mass is 410 g/mol. The summed E-state index contributed by atoms with van der Waals surface area (Å²) in [5.74, 6) is -0.549. The zero-order valence-corrected chi connectivity index (χ0v) is 16.6. The maximum absolute atomic E-state index is 12.6. The molecule has 0 bridgehead atoms. The first-order valence-corrected chi connectivity index (χ1v) is 11.1. The fourth-order valence-corrected chi connectivity index (χ4v) is 5.90. The summed E-state index contributed by atoms with van der Waals surface area (Å²) in [6.45, 7) is -0.177. The molecule has 2 heterocycles. The second kappa shape index (κ2) is 7.50. The van der Waals surface area contributed by atoms with Gasteiger partial charge in [-0.25, -0.2) is 8.42 Å². The Balaban J connectivity index is 1.68. The maximum Gasteiger partial charge on any atom is 0.266 e. The van der Waals surface area contributed by atoms with Gasteiger partial charge in [-0.15, -0.1) is 0 Å². The number of benzene rings is 1. The van der Waals surface area contributed by atoms with Gasteiger partial charge in [0.25, 0.3) is 5.91 Å². The largest absolute Gasteiger partial charge is 0.340 e. The molecule has 0 N–H and O–H groups in total. The molecule has 1 aromatic rings. The minimum atomic E-state index is -3.08. The van der Waals surface area contributed by atoms with Gasteiger partial charge in [0.15, 0.2) is 9.84 Å². The minimum Gasteiger partial charge on any atom is -0.340 e. The third-order valence-electron chi connectivity index (χ3n) is 4.41. The van der Waals surface area contributed by atoms with Gasteiger partial charge in [0, 0.05) is 13.1 Å². The summed E-state index contributed by atoms with van der Waals surface area (Å²) in [7, 11) is -1.50. The van der Waals surface area contributed by atoms with Crippen molar-refractivity contribution in [3.05, 3.63) is 40.8 Å². The van der Waals surface area contributed by atoms with Crippen LogP contribution in [0, 0.1) is 0 Å². The Hall–Kier alpha value is -1.71. The molecular formula is C17H18N2O4S3. The Morgan fingerprint density at radius 3 is 2.69 bits per heavy atom. The topological polar surface area (TPSA) is 74.8 Å². The van der Waals surface area contributed by atoms with E-state index < -0.39 is 9.84 Å². The molecule has 2 aliphatic heterocycles. The molecule has 9 heteroatoms. The molecule has 2 amide bonds. The van der Waals surface area contributed by atoms with Gasteiger partial charge in [-0.2, -0.15) is 0 Å². The molecule has 2 saturated heterocycles. The van der Waals surface area contributed by atoms with Crippen LogP contribution in [0.15, 0.2) is 35.2 Å². The van der Waals surface area contributed by atoms with Crippen LogP contribution in [0.2, 0.25) is 0 Å². The van der Waals surface area contributed by atoms with Crippen molar-refractivity contribution in [1.82, 2.24) is 9.80 Å². The van der Waals surface area contributed by atoms with Crippen LogP contribution in [-0.2, 0) is 19.4 Å². The van der Waals surface area contributed by atoms with Crippen LogP contribution in [0.5, 0.6) is 0 Å². The summed E-state index contributed by atoms with van der Waals surface area (Å²) >= 11 is 6.41. The zero-order valence-electron chi connectivity index (χ0n) is 14.1. The first kappa shape index (κ1) is 19.1. The van der Waals surface area contributed by atoms with Gasteiger partial charge in [0.05, 0.1) is 16.4 Å². The average molecular weight is 411 g/mol. The van der Waals surface area contributed by atoms with Crippen molar-refractivity contribution in [2.75, 3.05) is 25.1 Å². The van der Waals surface area contributed by atoms with E-state index in [1.54, 1.807) is 13.1 Å². The molecular weight excluding hydrogens is 392 g/mol. The summed E-state index contributed by atoms with van der Waals surface area (Å²) in [4.78, 5) is 28.3. The second-order valence-corrected chi connectivity index (χ2v) is 10.1. The lowest BCUT2D eigenvalue weighted by molar-refractivity contribution is -0.135. The van der Waals surface area contributed by atoms with Gasteiger partial charge in [-0.3, -0.25) is 14.5 Å². The van der Waals surface area contributed by atoms with E-state index in [2.05, 4.69) is 0 Å². The molecule has 0 aromatic heterocycles. The molecule has 1 unspecified atom stereocenters. The number of amides is 2. The molecule has 138 valence electrons. The maximum atomic E-state index is 12.6. The molecule has 1 atom stereocenters. The fraction of sp³-hybridized carbons (Fsp3) is 0.353. The molecule has 0 aliphatic carbocycles. The van der Waals surface area contributed by atoms with Crippen molar-refractivity contribution in [3.8, 4) is 0 Å². The number of likely N-dealkylation sites (N-methyl/N-ethyl adjacent to an activating group) is 1. The van der Waals surface area contributed by atoms with Crippen LogP contribution < -0.4 is 0 Å². The van der Waals surface area contributed by atoms with E-state index in [0.29, 0.717) is 15.6 Å². The number of thioether (sulfide) groups is 1. The smallest absolute Gasteiger partial charge is 0.266 e. The Bertz CT molecular complexity index is 881. The van der Waals surface area contributed by atoms with Gasteiger partial charge in [-0.1, -0.05) is 54.3 Å². The van der Waals surface area contributed by atoms with E-state index in [4.69, 9.17) is 12.2 Å². The van der Waals surface area contributed by atoms with E-state index >= 15 is 0 Å². The molecule has 2 fully saturated rings. The van der Waals surface area contributed by atoms with E-state index in [9.17, 15) is 18.0 Å². The van der Waals surface area contributed by atoms with Crippen molar-refractivity contribution in [2.24, 2.45) is 0 Å². The molecule has 0 spiro atoms. The second-order valence-electron chi connectivity index (χ2n) is 6.24. The highest BCUT2D eigenvalue weighted by atomic mass is 32.2. The Kier molecular flexibility index (Phi) is 5.50. The number of nitrogens with zero attached hydrogens (tertiary/aromatic N) is 2. The number of thiocarbonyl (C=S) groups is 1. The highest BCUT2D eigenvalue weighted by Crippen LogP contribution is 2.32. The van der Waals surface area contributed by atoms with Crippen molar-refractivity contribution >= 4 is 56.0 Å². The standard InChI is InChI=1S/C17H18N2O4S3/c1-18(13-7-8-26(22,23)11-13)15(20)10-19-16(21)14(25-17(19)24)9-12-5-3-2-4-6-12/h2-6,9,13H,7-8,10-11H2,1H3/b14-9-.